The van der Waals surface area contributed by atoms with Crippen LogP contribution in [0.4, 0.5) is 5.69 Å². The molecule has 0 radical (unpaired) electrons. The van der Waals surface area contributed by atoms with Gasteiger partial charge in [0.1, 0.15) is 23.5 Å². The van der Waals surface area contributed by atoms with Gasteiger partial charge in [0.25, 0.3) is 5.91 Å². The molecule has 6 heteroatoms. The Hall–Kier alpha value is -3.59. The first-order valence-electron chi connectivity index (χ1n) is 11.6. The molecule has 0 heterocycles. The minimum absolute atomic E-state index is 0.00841. The zero-order valence-corrected chi connectivity index (χ0v) is 19.0. The van der Waals surface area contributed by atoms with Crippen molar-refractivity contribution >= 4 is 23.6 Å². The average molecular weight is 447 g/mol. The van der Waals surface area contributed by atoms with Crippen molar-refractivity contribution in [1.82, 2.24) is 0 Å². The summed E-state index contributed by atoms with van der Waals surface area (Å²) in [6.45, 7) is 2.76. The molecule has 0 aliphatic heterocycles. The Balaban J connectivity index is 1.57. The van der Waals surface area contributed by atoms with E-state index in [4.69, 9.17) is 9.47 Å². The summed E-state index contributed by atoms with van der Waals surface area (Å²) in [5.41, 5.74) is 1.65. The van der Waals surface area contributed by atoms with Crippen LogP contribution in [-0.2, 0) is 9.53 Å². The number of anilines is 1. The highest BCUT2D eigenvalue weighted by atomic mass is 16.5. The van der Waals surface area contributed by atoms with Crippen LogP contribution in [0.3, 0.4) is 0 Å². The number of nitriles is 1. The molecule has 1 N–H and O–H groups in total. The number of hydrogen-bond donors (Lipinski definition) is 1. The van der Waals surface area contributed by atoms with E-state index < -0.39 is 5.91 Å². The van der Waals surface area contributed by atoms with E-state index in [9.17, 15) is 14.9 Å². The molecule has 1 saturated carbocycles. The molecule has 0 saturated heterocycles. The predicted octanol–water partition coefficient (Wildman–Crippen LogP) is 5.90. The second kappa shape index (κ2) is 12.4. The van der Waals surface area contributed by atoms with Crippen molar-refractivity contribution in [2.75, 3.05) is 11.9 Å². The molecule has 1 fully saturated rings. The summed E-state index contributed by atoms with van der Waals surface area (Å²) in [4.78, 5) is 24.9. The SMILES string of the molecule is CCCCOc1ccc(/C=C(\C#N)C(=O)Nc2ccc(C(=O)OC3CCCCC3)cc2)cc1. The number of unbranched alkanes of at least 4 members (excludes halogenated alkanes) is 1. The smallest absolute Gasteiger partial charge is 0.338 e. The van der Waals surface area contributed by atoms with Crippen LogP contribution in [-0.4, -0.2) is 24.6 Å². The largest absolute Gasteiger partial charge is 0.494 e. The first kappa shape index (κ1) is 24.1. The number of ether oxygens (including phenoxy) is 2. The van der Waals surface area contributed by atoms with Gasteiger partial charge in [-0.3, -0.25) is 4.79 Å². The standard InChI is InChI=1S/C27H30N2O4/c1-2-3-17-32-24-15-9-20(10-16-24)18-22(19-28)26(30)29-23-13-11-21(12-14-23)27(31)33-25-7-5-4-6-8-25/h9-16,18,25H,2-8,17H2,1H3,(H,29,30)/b22-18+. The molecule has 2 aromatic rings. The fraction of sp³-hybridized carbons (Fsp3) is 0.370. The van der Waals surface area contributed by atoms with Gasteiger partial charge in [-0.1, -0.05) is 31.9 Å². The van der Waals surface area contributed by atoms with Gasteiger partial charge in [-0.25, -0.2) is 4.79 Å². The molecule has 1 aliphatic rings. The van der Waals surface area contributed by atoms with Gasteiger partial charge in [0.2, 0.25) is 0 Å². The van der Waals surface area contributed by atoms with Crippen LogP contribution in [0.15, 0.2) is 54.1 Å². The molecule has 2 aromatic carbocycles. The molecule has 33 heavy (non-hydrogen) atoms. The molecule has 1 aliphatic carbocycles. The quantitative estimate of drug-likeness (QED) is 0.224. The maximum absolute atomic E-state index is 12.6. The third-order valence-corrected chi connectivity index (χ3v) is 5.53. The Morgan fingerprint density at radius 2 is 1.76 bits per heavy atom. The van der Waals surface area contributed by atoms with E-state index in [0.29, 0.717) is 17.9 Å². The maximum atomic E-state index is 12.6. The lowest BCUT2D eigenvalue weighted by Gasteiger charge is -2.21. The monoisotopic (exact) mass is 446 g/mol. The minimum atomic E-state index is -0.515. The maximum Gasteiger partial charge on any atom is 0.338 e. The van der Waals surface area contributed by atoms with E-state index in [2.05, 4.69) is 12.2 Å². The van der Waals surface area contributed by atoms with Crippen molar-refractivity contribution in [2.24, 2.45) is 0 Å². The highest BCUT2D eigenvalue weighted by Gasteiger charge is 2.19. The average Bonchev–Trinajstić information content (AvgIpc) is 2.84. The molecule has 172 valence electrons. The molecular formula is C27H30N2O4. The number of nitrogens with one attached hydrogen (secondary N) is 1. The normalized spacial score (nSPS) is 14.2. The van der Waals surface area contributed by atoms with Crippen molar-refractivity contribution in [1.29, 1.82) is 5.26 Å². The minimum Gasteiger partial charge on any atom is -0.494 e. The van der Waals surface area contributed by atoms with Crippen LogP contribution < -0.4 is 10.1 Å². The summed E-state index contributed by atoms with van der Waals surface area (Å²) in [6.07, 6.45) is 8.78. The first-order chi connectivity index (χ1) is 16.1. The van der Waals surface area contributed by atoms with E-state index in [1.54, 1.807) is 36.4 Å². The van der Waals surface area contributed by atoms with Crippen LogP contribution in [0, 0.1) is 11.3 Å². The Morgan fingerprint density at radius 1 is 1.06 bits per heavy atom. The van der Waals surface area contributed by atoms with E-state index in [0.717, 1.165) is 49.8 Å². The van der Waals surface area contributed by atoms with Gasteiger partial charge in [0, 0.05) is 5.69 Å². The van der Waals surface area contributed by atoms with Gasteiger partial charge in [-0.05, 0) is 80.1 Å². The topological polar surface area (TPSA) is 88.4 Å². The van der Waals surface area contributed by atoms with Gasteiger partial charge in [0.05, 0.1) is 12.2 Å². The van der Waals surface area contributed by atoms with Crippen molar-refractivity contribution < 1.29 is 19.1 Å². The second-order valence-electron chi connectivity index (χ2n) is 8.14. The van der Waals surface area contributed by atoms with E-state index in [1.807, 2.05) is 18.2 Å². The third kappa shape index (κ3) is 7.50. The number of carbonyl (C=O) groups excluding carboxylic acids is 2. The molecule has 0 aromatic heterocycles. The first-order valence-corrected chi connectivity index (χ1v) is 11.6. The molecule has 0 spiro atoms. The van der Waals surface area contributed by atoms with Crippen molar-refractivity contribution in [3.63, 3.8) is 0 Å². The molecule has 0 atom stereocenters. The van der Waals surface area contributed by atoms with Crippen LogP contribution >= 0.6 is 0 Å². The number of benzene rings is 2. The number of amides is 1. The summed E-state index contributed by atoms with van der Waals surface area (Å²) in [7, 11) is 0. The Bertz CT molecular complexity index is 998. The van der Waals surface area contributed by atoms with Gasteiger partial charge in [-0.15, -0.1) is 0 Å². The Labute approximate surface area is 195 Å². The third-order valence-electron chi connectivity index (χ3n) is 5.53. The lowest BCUT2D eigenvalue weighted by Crippen LogP contribution is -2.21. The predicted molar refractivity (Wildman–Crippen MR) is 128 cm³/mol. The molecule has 6 nitrogen and oxygen atoms in total. The number of nitrogens with zero attached hydrogens (tertiary/aromatic N) is 1. The van der Waals surface area contributed by atoms with Crippen LogP contribution in [0.5, 0.6) is 5.75 Å². The van der Waals surface area contributed by atoms with Crippen LogP contribution in [0.25, 0.3) is 6.08 Å². The van der Waals surface area contributed by atoms with Gasteiger partial charge in [-0.2, -0.15) is 5.26 Å². The van der Waals surface area contributed by atoms with Crippen molar-refractivity contribution in [3.8, 4) is 11.8 Å². The zero-order valence-electron chi connectivity index (χ0n) is 19.0. The number of hydrogen-bond acceptors (Lipinski definition) is 5. The van der Waals surface area contributed by atoms with Crippen molar-refractivity contribution in [2.45, 2.75) is 58.0 Å². The Morgan fingerprint density at radius 3 is 2.39 bits per heavy atom. The zero-order chi connectivity index (χ0) is 23.5. The van der Waals surface area contributed by atoms with Gasteiger partial charge >= 0.3 is 5.97 Å². The highest BCUT2D eigenvalue weighted by molar-refractivity contribution is 6.09. The van der Waals surface area contributed by atoms with Gasteiger partial charge in [0.15, 0.2) is 0 Å². The molecular weight excluding hydrogens is 416 g/mol. The van der Waals surface area contributed by atoms with E-state index in [1.165, 1.54) is 12.5 Å². The Kier molecular flexibility index (Phi) is 9.08. The lowest BCUT2D eigenvalue weighted by molar-refractivity contribution is -0.112. The molecule has 0 unspecified atom stereocenters. The number of carbonyl (C=O) groups is 2. The fourth-order valence-electron chi connectivity index (χ4n) is 3.60. The fourth-order valence-corrected chi connectivity index (χ4v) is 3.60. The summed E-state index contributed by atoms with van der Waals surface area (Å²) < 4.78 is 11.2. The molecule has 3 rings (SSSR count). The summed E-state index contributed by atoms with van der Waals surface area (Å²) in [5.74, 6) is -0.108. The number of esters is 1. The van der Waals surface area contributed by atoms with Crippen LogP contribution in [0.1, 0.15) is 67.8 Å². The molecule has 1 amide bonds. The second-order valence-corrected chi connectivity index (χ2v) is 8.14. The van der Waals surface area contributed by atoms with Crippen molar-refractivity contribution in [3.05, 3.63) is 65.2 Å². The summed E-state index contributed by atoms with van der Waals surface area (Å²) in [6, 6.07) is 15.7. The number of rotatable bonds is 9. The van der Waals surface area contributed by atoms with E-state index in [-0.39, 0.29) is 17.6 Å². The van der Waals surface area contributed by atoms with Gasteiger partial charge < -0.3 is 14.8 Å². The highest BCUT2D eigenvalue weighted by Crippen LogP contribution is 2.22. The summed E-state index contributed by atoms with van der Waals surface area (Å²) in [5, 5.41) is 12.1. The van der Waals surface area contributed by atoms with Crippen LogP contribution in [0.2, 0.25) is 0 Å². The summed E-state index contributed by atoms with van der Waals surface area (Å²) >= 11 is 0. The van der Waals surface area contributed by atoms with E-state index >= 15 is 0 Å². The lowest BCUT2D eigenvalue weighted by atomic mass is 9.98. The molecule has 0 bridgehead atoms.